The molecule has 14 heteroatoms. The van der Waals surface area contributed by atoms with Crippen molar-refractivity contribution in [1.82, 2.24) is 18.5 Å². The smallest absolute Gasteiger partial charge is 0.367 e. The highest BCUT2D eigenvalue weighted by atomic mass is 32.2. The van der Waals surface area contributed by atoms with Crippen molar-refractivity contribution in [3.8, 4) is 11.5 Å². The maximum atomic E-state index is 12.7. The van der Waals surface area contributed by atoms with E-state index in [9.17, 15) is 33.3 Å². The van der Waals surface area contributed by atoms with Crippen LogP contribution < -0.4 is 16.4 Å². The first-order valence-corrected chi connectivity index (χ1v) is 10.5. The molecule has 0 bridgehead atoms. The molecule has 0 saturated carbocycles. The molecule has 0 aromatic heterocycles. The van der Waals surface area contributed by atoms with Gasteiger partial charge in [-0.25, -0.2) is 14.9 Å². The van der Waals surface area contributed by atoms with Crippen LogP contribution in [-0.4, -0.2) is 72.3 Å². The van der Waals surface area contributed by atoms with Crippen molar-refractivity contribution in [1.29, 1.82) is 0 Å². The highest BCUT2D eigenvalue weighted by Gasteiger charge is 2.29. The summed E-state index contributed by atoms with van der Waals surface area (Å²) < 4.78 is 24.3. The minimum absolute atomic E-state index is 0.221. The standard InChI is InChI=1S/C17H21N5O8S/c1-7-3-9-10(4-8(7)2)21(5-11(24)14(26)12(25)6-23)15-13(19-9)16(27)22(17(28)20-15)31(18,29)30/h3-4,11-12,14,23-26H,5-6H2,1-2H3,(H2,18,29,30). The van der Waals surface area contributed by atoms with Gasteiger partial charge in [0.25, 0.3) is 5.56 Å². The molecule has 6 N–H and O–H groups in total. The first-order chi connectivity index (χ1) is 14.4. The van der Waals surface area contributed by atoms with Gasteiger partial charge in [0.15, 0.2) is 11.5 Å². The van der Waals surface area contributed by atoms with Gasteiger partial charge in [-0.3, -0.25) is 4.79 Å². The second-order valence-corrected chi connectivity index (χ2v) is 8.53. The predicted molar refractivity (Wildman–Crippen MR) is 108 cm³/mol. The number of aromatic nitrogens is 4. The van der Waals surface area contributed by atoms with Crippen molar-refractivity contribution < 1.29 is 28.8 Å². The van der Waals surface area contributed by atoms with E-state index in [4.69, 9.17) is 10.2 Å². The van der Waals surface area contributed by atoms with Crippen molar-refractivity contribution in [2.24, 2.45) is 5.14 Å². The molecule has 3 rings (SSSR count). The molecule has 31 heavy (non-hydrogen) atoms. The summed E-state index contributed by atoms with van der Waals surface area (Å²) in [6.07, 6.45) is -5.07. The van der Waals surface area contributed by atoms with Crippen molar-refractivity contribution in [3.63, 3.8) is 0 Å². The molecule has 2 aliphatic rings. The summed E-state index contributed by atoms with van der Waals surface area (Å²) in [5.41, 5.74) is -1.16. The van der Waals surface area contributed by atoms with Gasteiger partial charge in [0.1, 0.15) is 18.3 Å². The maximum Gasteiger partial charge on any atom is 0.367 e. The third-order valence-corrected chi connectivity index (χ3v) is 5.77. The Hall–Kier alpha value is -2.75. The Kier molecular flexibility index (Phi) is 5.96. The van der Waals surface area contributed by atoms with E-state index in [1.807, 2.05) is 0 Å². The number of aliphatic hydroxyl groups excluding tert-OH is 4. The van der Waals surface area contributed by atoms with Crippen LogP contribution in [0.5, 0.6) is 0 Å². The number of hydrogen-bond acceptors (Lipinski definition) is 10. The van der Waals surface area contributed by atoms with E-state index >= 15 is 0 Å². The minimum Gasteiger partial charge on any atom is -0.394 e. The van der Waals surface area contributed by atoms with E-state index in [0.29, 0.717) is 5.52 Å². The second kappa shape index (κ2) is 8.07. The molecule has 0 saturated heterocycles. The lowest BCUT2D eigenvalue weighted by atomic mass is 10.1. The van der Waals surface area contributed by atoms with Gasteiger partial charge in [0.05, 0.1) is 24.2 Å². The first kappa shape index (κ1) is 22.9. The van der Waals surface area contributed by atoms with Crippen molar-refractivity contribution in [2.45, 2.75) is 38.7 Å². The third kappa shape index (κ3) is 4.08. The molecule has 2 heterocycles. The van der Waals surface area contributed by atoms with E-state index in [0.717, 1.165) is 11.1 Å². The van der Waals surface area contributed by atoms with E-state index in [-0.39, 0.29) is 15.3 Å². The molecule has 1 aromatic rings. The zero-order chi connectivity index (χ0) is 23.2. The molecule has 2 aliphatic heterocycles. The lowest BCUT2D eigenvalue weighted by Crippen LogP contribution is -2.46. The zero-order valence-electron chi connectivity index (χ0n) is 16.5. The fourth-order valence-corrected chi connectivity index (χ4v) is 3.72. The molecular formula is C17H21N5O8S. The average Bonchev–Trinajstić information content (AvgIpc) is 2.67. The quantitative estimate of drug-likeness (QED) is 0.235. The van der Waals surface area contributed by atoms with Gasteiger partial charge in [-0.15, -0.1) is 3.97 Å². The molecule has 0 aliphatic carbocycles. The molecule has 0 radical (unpaired) electrons. The number of nitrogens with two attached hydrogens (primary N) is 1. The Morgan fingerprint density at radius 2 is 1.68 bits per heavy atom. The Balaban J connectivity index is 2.40. The average molecular weight is 455 g/mol. The van der Waals surface area contributed by atoms with Crippen molar-refractivity contribution in [2.75, 3.05) is 6.61 Å². The van der Waals surface area contributed by atoms with Gasteiger partial charge in [-0.2, -0.15) is 13.4 Å². The van der Waals surface area contributed by atoms with Crippen LogP contribution in [0.1, 0.15) is 11.1 Å². The molecule has 3 atom stereocenters. The fraction of sp³-hybridized carbons (Fsp3) is 0.412. The molecule has 13 nitrogen and oxygen atoms in total. The number of nitrogens with zero attached hydrogens (tertiary/aromatic N) is 4. The lowest BCUT2D eigenvalue weighted by molar-refractivity contribution is -0.0802. The Bertz CT molecular complexity index is 1350. The summed E-state index contributed by atoms with van der Waals surface area (Å²) in [4.78, 5) is 32.7. The van der Waals surface area contributed by atoms with Crippen LogP contribution >= 0.6 is 0 Å². The van der Waals surface area contributed by atoms with Gasteiger partial charge in [0.2, 0.25) is 0 Å². The van der Waals surface area contributed by atoms with Gasteiger partial charge in [-0.05, 0) is 37.1 Å². The van der Waals surface area contributed by atoms with E-state index in [2.05, 4.69) is 9.97 Å². The summed E-state index contributed by atoms with van der Waals surface area (Å²) in [7, 11) is -4.76. The zero-order valence-corrected chi connectivity index (χ0v) is 17.3. The second-order valence-electron chi connectivity index (χ2n) is 7.14. The molecular weight excluding hydrogens is 434 g/mol. The van der Waals surface area contributed by atoms with Gasteiger partial charge >= 0.3 is 15.9 Å². The number of aryl methyl sites for hydroxylation is 2. The number of aliphatic hydroxyl groups is 4. The van der Waals surface area contributed by atoms with Gasteiger partial charge < -0.3 is 25.0 Å². The van der Waals surface area contributed by atoms with E-state index < -0.39 is 58.6 Å². The highest BCUT2D eigenvalue weighted by Crippen LogP contribution is 2.24. The first-order valence-electron chi connectivity index (χ1n) is 8.99. The van der Waals surface area contributed by atoms with Gasteiger partial charge in [-0.1, -0.05) is 0 Å². The Morgan fingerprint density at radius 1 is 1.06 bits per heavy atom. The van der Waals surface area contributed by atoms with Crippen molar-refractivity contribution >= 4 is 21.2 Å². The number of benzene rings is 1. The highest BCUT2D eigenvalue weighted by molar-refractivity contribution is 7.87. The van der Waals surface area contributed by atoms with Crippen LogP contribution in [0.2, 0.25) is 0 Å². The molecule has 0 fully saturated rings. The summed E-state index contributed by atoms with van der Waals surface area (Å²) in [6, 6.07) is 3.26. The molecule has 0 spiro atoms. The number of rotatable bonds is 6. The van der Waals surface area contributed by atoms with Crippen molar-refractivity contribution in [3.05, 3.63) is 44.1 Å². The monoisotopic (exact) mass is 455 g/mol. The fourth-order valence-electron chi connectivity index (χ4n) is 3.15. The summed E-state index contributed by atoms with van der Waals surface area (Å²) in [5.74, 6) is -0.351. The number of fused-ring (bicyclic) bond motifs is 2. The normalized spacial score (nSPS) is 15.3. The summed E-state index contributed by atoms with van der Waals surface area (Å²) in [6.45, 7) is 2.28. The summed E-state index contributed by atoms with van der Waals surface area (Å²) >= 11 is 0. The third-order valence-electron chi connectivity index (χ3n) is 4.94. The van der Waals surface area contributed by atoms with Crippen LogP contribution in [0.15, 0.2) is 21.7 Å². The topological polar surface area (TPSA) is 211 Å². The Labute approximate surface area is 175 Å². The van der Waals surface area contributed by atoms with Crippen LogP contribution in [0, 0.1) is 13.8 Å². The minimum atomic E-state index is -4.76. The lowest BCUT2D eigenvalue weighted by Gasteiger charge is -2.25. The Morgan fingerprint density at radius 3 is 2.26 bits per heavy atom. The van der Waals surface area contributed by atoms with E-state index in [1.54, 1.807) is 26.0 Å². The predicted octanol–water partition coefficient (Wildman–Crippen LogP) is -3.20. The molecule has 3 unspecified atom stereocenters. The SMILES string of the molecule is Cc1cc2nc3c(=O)n(S(N)(=O)=O)c(=O)nc-3n(CC(O)C(O)C(O)CO)c2cc1C. The van der Waals surface area contributed by atoms with Crippen LogP contribution in [0.25, 0.3) is 22.6 Å². The van der Waals surface area contributed by atoms with E-state index in [1.165, 1.54) is 4.57 Å². The van der Waals surface area contributed by atoms with Crippen LogP contribution in [0.4, 0.5) is 0 Å². The molecule has 1 aromatic carbocycles. The molecule has 168 valence electrons. The largest absolute Gasteiger partial charge is 0.394 e. The van der Waals surface area contributed by atoms with Crippen LogP contribution in [0.3, 0.4) is 0 Å². The maximum absolute atomic E-state index is 12.7. The molecule has 0 amide bonds. The van der Waals surface area contributed by atoms with Crippen LogP contribution in [-0.2, 0) is 16.8 Å². The summed E-state index contributed by atoms with van der Waals surface area (Å²) in [5, 5.41) is 44.0. The number of hydrogen-bond donors (Lipinski definition) is 5. The van der Waals surface area contributed by atoms with Gasteiger partial charge in [0, 0.05) is 0 Å².